The van der Waals surface area contributed by atoms with Gasteiger partial charge in [-0.1, -0.05) is 12.2 Å². The Hall–Kier alpha value is 0.610. The van der Waals surface area contributed by atoms with Gasteiger partial charge in [0.2, 0.25) is 0 Å². The maximum absolute atomic E-state index is 5.81. The van der Waals surface area contributed by atoms with Crippen LogP contribution in [0.2, 0.25) is 0 Å². The van der Waals surface area contributed by atoms with E-state index < -0.39 is 0 Å². The van der Waals surface area contributed by atoms with Gasteiger partial charge in [-0.2, -0.15) is 0 Å². The molecule has 0 saturated heterocycles. The van der Waals surface area contributed by atoms with Crippen LogP contribution in [0.5, 0.6) is 0 Å². The van der Waals surface area contributed by atoms with Gasteiger partial charge in [0.15, 0.2) is 0 Å². The minimum absolute atomic E-state index is 0.184. The average Bonchev–Trinajstić information content (AvgIpc) is 1.88. The molecule has 0 bridgehead atoms. The Morgan fingerprint density at radius 2 is 1.90 bits per heavy atom. The number of alkyl halides is 3. The molecule has 58 valence electrons. The normalized spacial score (nSPS) is 33.2. The summed E-state index contributed by atoms with van der Waals surface area (Å²) in [5.74, 6) is 0.304. The van der Waals surface area contributed by atoms with Crippen LogP contribution >= 0.6 is 34.8 Å². The van der Waals surface area contributed by atoms with Crippen molar-refractivity contribution in [2.24, 2.45) is 5.92 Å². The van der Waals surface area contributed by atoms with E-state index in [0.29, 0.717) is 5.92 Å². The van der Waals surface area contributed by atoms with Crippen LogP contribution in [-0.4, -0.2) is 10.2 Å². The minimum atomic E-state index is -0.277. The van der Waals surface area contributed by atoms with Crippen molar-refractivity contribution in [2.75, 3.05) is 0 Å². The van der Waals surface area contributed by atoms with Gasteiger partial charge in [-0.3, -0.25) is 0 Å². The molecule has 0 aromatic rings. The summed E-state index contributed by atoms with van der Waals surface area (Å²) in [5.41, 5.74) is 0. The lowest BCUT2D eigenvalue weighted by Gasteiger charge is -2.19. The van der Waals surface area contributed by atoms with E-state index in [1.54, 1.807) is 0 Å². The van der Waals surface area contributed by atoms with Crippen LogP contribution in [0.4, 0.5) is 0 Å². The molecule has 0 heterocycles. The van der Waals surface area contributed by atoms with E-state index in [4.69, 9.17) is 34.8 Å². The Morgan fingerprint density at radius 3 is 2.30 bits per heavy atom. The van der Waals surface area contributed by atoms with Crippen LogP contribution in [0.3, 0.4) is 0 Å². The Balaban J connectivity index is 2.45. The minimum Gasteiger partial charge on any atom is -0.118 e. The van der Waals surface area contributed by atoms with Crippen LogP contribution in [0, 0.1) is 5.92 Å². The highest BCUT2D eigenvalue weighted by Crippen LogP contribution is 2.28. The fourth-order valence-corrected chi connectivity index (χ4v) is 1.65. The highest BCUT2D eigenvalue weighted by molar-refractivity contribution is 6.44. The monoisotopic (exact) mass is 198 g/mol. The van der Waals surface area contributed by atoms with Crippen LogP contribution in [0.25, 0.3) is 0 Å². The summed E-state index contributed by atoms with van der Waals surface area (Å²) < 4.78 is 0. The Bertz CT molecular complexity index is 131. The second-order valence-corrected chi connectivity index (χ2v) is 4.20. The number of rotatable bonds is 1. The summed E-state index contributed by atoms with van der Waals surface area (Å²) in [5, 5.41) is 0.184. The van der Waals surface area contributed by atoms with Crippen LogP contribution in [0.15, 0.2) is 12.2 Å². The molecular formula is C7H9Cl3. The molecule has 0 radical (unpaired) electrons. The number of halogens is 3. The molecule has 1 aliphatic carbocycles. The first-order valence-corrected chi connectivity index (χ1v) is 4.61. The van der Waals surface area contributed by atoms with E-state index >= 15 is 0 Å². The van der Waals surface area contributed by atoms with Gasteiger partial charge in [-0.05, 0) is 12.8 Å². The van der Waals surface area contributed by atoms with E-state index in [1.165, 1.54) is 0 Å². The predicted molar refractivity (Wildman–Crippen MR) is 47.0 cm³/mol. The van der Waals surface area contributed by atoms with Crippen LogP contribution in [-0.2, 0) is 0 Å². The summed E-state index contributed by atoms with van der Waals surface area (Å²) in [6, 6.07) is 0. The van der Waals surface area contributed by atoms with Crippen molar-refractivity contribution >= 4 is 34.8 Å². The van der Waals surface area contributed by atoms with Crippen LogP contribution < -0.4 is 0 Å². The Kier molecular flexibility index (Phi) is 3.35. The summed E-state index contributed by atoms with van der Waals surface area (Å²) >= 11 is 17.2. The van der Waals surface area contributed by atoms with E-state index in [1.807, 2.05) is 12.2 Å². The molecule has 0 nitrogen and oxygen atoms in total. The molecule has 0 fully saturated rings. The van der Waals surface area contributed by atoms with Crippen molar-refractivity contribution in [1.82, 2.24) is 0 Å². The van der Waals surface area contributed by atoms with Crippen LogP contribution in [0.1, 0.15) is 12.8 Å². The molecule has 1 aliphatic rings. The van der Waals surface area contributed by atoms with Crippen molar-refractivity contribution in [2.45, 2.75) is 23.1 Å². The smallest absolute Gasteiger partial charge is 0.114 e. The molecule has 0 aromatic heterocycles. The largest absolute Gasteiger partial charge is 0.118 e. The summed E-state index contributed by atoms with van der Waals surface area (Å²) in [7, 11) is 0. The highest BCUT2D eigenvalue weighted by atomic mass is 35.5. The topological polar surface area (TPSA) is 0 Å². The van der Waals surface area contributed by atoms with Crippen molar-refractivity contribution < 1.29 is 0 Å². The molecule has 10 heavy (non-hydrogen) atoms. The molecule has 2 atom stereocenters. The third-order valence-corrected chi connectivity index (χ3v) is 2.68. The molecule has 2 unspecified atom stereocenters. The molecule has 0 aromatic carbocycles. The third-order valence-electron chi connectivity index (χ3n) is 1.67. The zero-order chi connectivity index (χ0) is 7.56. The van der Waals surface area contributed by atoms with Gasteiger partial charge in [-0.25, -0.2) is 0 Å². The molecule has 3 heteroatoms. The van der Waals surface area contributed by atoms with Gasteiger partial charge in [0.1, 0.15) is 4.84 Å². The SMILES string of the molecule is ClC1C=CC(C(Cl)Cl)CC1. The van der Waals surface area contributed by atoms with Gasteiger partial charge < -0.3 is 0 Å². The summed E-state index contributed by atoms with van der Waals surface area (Å²) in [6.45, 7) is 0. The Labute approximate surface area is 76.1 Å². The Morgan fingerprint density at radius 1 is 1.20 bits per heavy atom. The number of allylic oxidation sites excluding steroid dienone is 2. The number of hydrogen-bond acceptors (Lipinski definition) is 0. The molecule has 0 saturated carbocycles. The lowest BCUT2D eigenvalue weighted by atomic mass is 9.97. The maximum Gasteiger partial charge on any atom is 0.114 e. The fourth-order valence-electron chi connectivity index (χ4n) is 1.02. The van der Waals surface area contributed by atoms with E-state index in [2.05, 4.69) is 0 Å². The lowest BCUT2D eigenvalue weighted by Crippen LogP contribution is -2.13. The van der Waals surface area contributed by atoms with Gasteiger partial charge in [0.05, 0.1) is 5.38 Å². The molecular weight excluding hydrogens is 190 g/mol. The zero-order valence-corrected chi connectivity index (χ0v) is 7.70. The quantitative estimate of drug-likeness (QED) is 0.449. The molecule has 0 spiro atoms. The second kappa shape index (κ2) is 3.85. The van der Waals surface area contributed by atoms with Gasteiger partial charge in [0, 0.05) is 5.92 Å². The van der Waals surface area contributed by atoms with E-state index in [0.717, 1.165) is 12.8 Å². The summed E-state index contributed by atoms with van der Waals surface area (Å²) in [4.78, 5) is -0.277. The lowest BCUT2D eigenvalue weighted by molar-refractivity contribution is 0.574. The van der Waals surface area contributed by atoms with Crippen molar-refractivity contribution in [3.63, 3.8) is 0 Å². The first-order valence-electron chi connectivity index (χ1n) is 3.30. The van der Waals surface area contributed by atoms with Crippen molar-refractivity contribution in [1.29, 1.82) is 0 Å². The zero-order valence-electron chi connectivity index (χ0n) is 5.43. The first kappa shape index (κ1) is 8.70. The van der Waals surface area contributed by atoms with Gasteiger partial charge in [0.25, 0.3) is 0 Å². The maximum atomic E-state index is 5.81. The first-order chi connectivity index (χ1) is 4.70. The van der Waals surface area contributed by atoms with Gasteiger partial charge in [-0.15, -0.1) is 34.8 Å². The summed E-state index contributed by atoms with van der Waals surface area (Å²) in [6.07, 6.45) is 5.96. The van der Waals surface area contributed by atoms with Crippen molar-refractivity contribution in [3.05, 3.63) is 12.2 Å². The molecule has 0 amide bonds. The standard InChI is InChI=1S/C7H9Cl3/c8-6-3-1-5(2-4-6)7(9)10/h1,3,5-7H,2,4H2. The number of hydrogen-bond donors (Lipinski definition) is 0. The molecule has 1 rings (SSSR count). The van der Waals surface area contributed by atoms with Gasteiger partial charge >= 0.3 is 0 Å². The average molecular weight is 200 g/mol. The van der Waals surface area contributed by atoms with Crippen molar-refractivity contribution in [3.8, 4) is 0 Å². The van der Waals surface area contributed by atoms with E-state index in [9.17, 15) is 0 Å². The van der Waals surface area contributed by atoms with E-state index in [-0.39, 0.29) is 10.2 Å². The third kappa shape index (κ3) is 2.34. The second-order valence-electron chi connectivity index (χ2n) is 2.48. The highest BCUT2D eigenvalue weighted by Gasteiger charge is 2.18. The fraction of sp³-hybridized carbons (Fsp3) is 0.714. The molecule has 0 aliphatic heterocycles. The molecule has 0 N–H and O–H groups in total. The predicted octanol–water partition coefficient (Wildman–Crippen LogP) is 3.36.